The molecule has 3 aliphatic rings. The van der Waals surface area contributed by atoms with Crippen LogP contribution in [-0.2, 0) is 4.79 Å². The number of nitrogens with zero attached hydrogens (tertiary/aromatic N) is 1. The minimum absolute atomic E-state index is 0.0138. The van der Waals surface area contributed by atoms with Gasteiger partial charge in [-0.05, 0) is 43.2 Å². The first-order valence-corrected chi connectivity index (χ1v) is 7.54. The van der Waals surface area contributed by atoms with Crippen LogP contribution in [0.4, 0.5) is 5.69 Å². The van der Waals surface area contributed by atoms with Gasteiger partial charge in [0.1, 0.15) is 12.4 Å². The Kier molecular flexibility index (Phi) is 2.74. The SMILES string of the molecule is NC1C2CCC(C2)C1C(=O)N1CCOc2ccccc21. The lowest BCUT2D eigenvalue weighted by Crippen LogP contribution is -2.49. The first kappa shape index (κ1) is 12.2. The number of ether oxygens (including phenoxy) is 1. The number of rotatable bonds is 1. The molecule has 1 aliphatic heterocycles. The Hall–Kier alpha value is -1.55. The van der Waals surface area contributed by atoms with E-state index in [4.69, 9.17) is 10.5 Å². The van der Waals surface area contributed by atoms with Crippen LogP contribution in [0.5, 0.6) is 5.75 Å². The van der Waals surface area contributed by atoms with Gasteiger partial charge in [-0.25, -0.2) is 0 Å². The normalized spacial score (nSPS) is 34.8. The fourth-order valence-electron chi connectivity index (χ4n) is 4.28. The molecular weight excluding hydrogens is 252 g/mol. The number of carbonyl (C=O) groups is 1. The van der Waals surface area contributed by atoms with Gasteiger partial charge in [0.25, 0.3) is 0 Å². The van der Waals surface area contributed by atoms with Gasteiger partial charge in [0.15, 0.2) is 0 Å². The molecule has 4 heteroatoms. The van der Waals surface area contributed by atoms with E-state index in [1.54, 1.807) is 0 Å². The molecule has 2 bridgehead atoms. The van der Waals surface area contributed by atoms with E-state index in [1.165, 1.54) is 12.8 Å². The molecule has 2 aliphatic carbocycles. The lowest BCUT2D eigenvalue weighted by molar-refractivity contribution is -0.124. The molecule has 4 atom stereocenters. The van der Waals surface area contributed by atoms with Crippen molar-refractivity contribution in [3.8, 4) is 5.75 Å². The monoisotopic (exact) mass is 272 g/mol. The minimum Gasteiger partial charge on any atom is -0.490 e. The molecule has 2 fully saturated rings. The summed E-state index contributed by atoms with van der Waals surface area (Å²) < 4.78 is 5.63. The lowest BCUT2D eigenvalue weighted by Gasteiger charge is -2.35. The van der Waals surface area contributed by atoms with Gasteiger partial charge in [-0.2, -0.15) is 0 Å². The van der Waals surface area contributed by atoms with Crippen molar-refractivity contribution in [1.82, 2.24) is 0 Å². The highest BCUT2D eigenvalue weighted by Gasteiger charge is 2.50. The summed E-state index contributed by atoms with van der Waals surface area (Å²) in [5.74, 6) is 2.09. The Bertz CT molecular complexity index is 543. The van der Waals surface area contributed by atoms with Gasteiger partial charge < -0.3 is 15.4 Å². The summed E-state index contributed by atoms with van der Waals surface area (Å²) in [7, 11) is 0. The smallest absolute Gasteiger partial charge is 0.232 e. The van der Waals surface area contributed by atoms with E-state index >= 15 is 0 Å². The highest BCUT2D eigenvalue weighted by molar-refractivity contribution is 5.97. The molecule has 1 amide bonds. The van der Waals surface area contributed by atoms with Crippen molar-refractivity contribution >= 4 is 11.6 Å². The van der Waals surface area contributed by atoms with Gasteiger partial charge in [0.2, 0.25) is 5.91 Å². The Morgan fingerprint density at radius 3 is 2.85 bits per heavy atom. The second kappa shape index (κ2) is 4.48. The van der Waals surface area contributed by atoms with E-state index in [9.17, 15) is 4.79 Å². The maximum absolute atomic E-state index is 13.0. The van der Waals surface area contributed by atoms with Crippen molar-refractivity contribution in [3.63, 3.8) is 0 Å². The maximum Gasteiger partial charge on any atom is 0.232 e. The zero-order chi connectivity index (χ0) is 13.7. The van der Waals surface area contributed by atoms with Gasteiger partial charge in [0.05, 0.1) is 18.2 Å². The highest BCUT2D eigenvalue weighted by Crippen LogP contribution is 2.49. The molecule has 4 nitrogen and oxygen atoms in total. The molecule has 1 aromatic carbocycles. The number of para-hydroxylation sites is 2. The first-order chi connectivity index (χ1) is 9.75. The summed E-state index contributed by atoms with van der Waals surface area (Å²) in [5, 5.41) is 0. The van der Waals surface area contributed by atoms with Crippen LogP contribution in [0.15, 0.2) is 24.3 Å². The van der Waals surface area contributed by atoms with Crippen molar-refractivity contribution in [1.29, 1.82) is 0 Å². The van der Waals surface area contributed by atoms with Gasteiger partial charge >= 0.3 is 0 Å². The van der Waals surface area contributed by atoms with E-state index in [0.29, 0.717) is 25.0 Å². The number of amides is 1. The molecule has 0 radical (unpaired) electrons. The Morgan fingerprint density at radius 2 is 2.05 bits per heavy atom. The number of hydrogen-bond acceptors (Lipinski definition) is 3. The molecule has 0 spiro atoms. The summed E-state index contributed by atoms with van der Waals surface area (Å²) >= 11 is 0. The Balaban J connectivity index is 1.64. The van der Waals surface area contributed by atoms with Crippen LogP contribution >= 0.6 is 0 Å². The molecule has 4 rings (SSSR count). The minimum atomic E-state index is 0.0138. The molecule has 1 aromatic rings. The molecule has 106 valence electrons. The van der Waals surface area contributed by atoms with Crippen LogP contribution in [0, 0.1) is 17.8 Å². The molecule has 20 heavy (non-hydrogen) atoms. The molecule has 0 saturated heterocycles. The molecule has 1 heterocycles. The van der Waals surface area contributed by atoms with Gasteiger partial charge in [0, 0.05) is 6.04 Å². The molecule has 0 aromatic heterocycles. The topological polar surface area (TPSA) is 55.6 Å². The first-order valence-electron chi connectivity index (χ1n) is 7.54. The van der Waals surface area contributed by atoms with E-state index < -0.39 is 0 Å². The van der Waals surface area contributed by atoms with Crippen LogP contribution in [-0.4, -0.2) is 25.1 Å². The van der Waals surface area contributed by atoms with Crippen LogP contribution in [0.3, 0.4) is 0 Å². The molecule has 4 unspecified atom stereocenters. The van der Waals surface area contributed by atoms with Crippen LogP contribution in [0.25, 0.3) is 0 Å². The molecular formula is C16H20N2O2. The fraction of sp³-hybridized carbons (Fsp3) is 0.562. The predicted molar refractivity (Wildman–Crippen MR) is 76.6 cm³/mol. The average molecular weight is 272 g/mol. The van der Waals surface area contributed by atoms with E-state index in [2.05, 4.69) is 0 Å². The second-order valence-electron chi connectivity index (χ2n) is 6.24. The number of benzene rings is 1. The van der Waals surface area contributed by atoms with Crippen LogP contribution < -0.4 is 15.4 Å². The van der Waals surface area contributed by atoms with Gasteiger partial charge in [-0.15, -0.1) is 0 Å². The Morgan fingerprint density at radius 1 is 1.25 bits per heavy atom. The average Bonchev–Trinajstić information content (AvgIpc) is 3.07. The summed E-state index contributed by atoms with van der Waals surface area (Å²) in [6, 6.07) is 7.84. The highest BCUT2D eigenvalue weighted by atomic mass is 16.5. The number of fused-ring (bicyclic) bond motifs is 3. The van der Waals surface area contributed by atoms with Gasteiger partial charge in [-0.3, -0.25) is 4.79 Å². The van der Waals surface area contributed by atoms with E-state index in [0.717, 1.165) is 17.9 Å². The summed E-state index contributed by atoms with van der Waals surface area (Å²) in [4.78, 5) is 14.8. The number of hydrogen-bond donors (Lipinski definition) is 1. The summed E-state index contributed by atoms with van der Waals surface area (Å²) in [5.41, 5.74) is 7.21. The third-order valence-corrected chi connectivity index (χ3v) is 5.26. The van der Waals surface area contributed by atoms with Crippen molar-refractivity contribution in [3.05, 3.63) is 24.3 Å². The number of anilines is 1. The van der Waals surface area contributed by atoms with Crippen LogP contribution in [0.2, 0.25) is 0 Å². The number of carbonyl (C=O) groups excluding carboxylic acids is 1. The quantitative estimate of drug-likeness (QED) is 0.848. The largest absolute Gasteiger partial charge is 0.490 e. The van der Waals surface area contributed by atoms with Crippen molar-refractivity contribution in [2.45, 2.75) is 25.3 Å². The van der Waals surface area contributed by atoms with E-state index in [1.807, 2.05) is 29.2 Å². The van der Waals surface area contributed by atoms with Crippen molar-refractivity contribution in [2.24, 2.45) is 23.5 Å². The zero-order valence-electron chi connectivity index (χ0n) is 11.5. The summed E-state index contributed by atoms with van der Waals surface area (Å²) in [6.07, 6.45) is 3.51. The molecule has 2 N–H and O–H groups in total. The van der Waals surface area contributed by atoms with Crippen molar-refractivity contribution < 1.29 is 9.53 Å². The van der Waals surface area contributed by atoms with Crippen LogP contribution in [0.1, 0.15) is 19.3 Å². The second-order valence-corrected chi connectivity index (χ2v) is 6.24. The summed E-state index contributed by atoms with van der Waals surface area (Å²) in [6.45, 7) is 1.20. The lowest BCUT2D eigenvalue weighted by atomic mass is 9.84. The standard InChI is InChI=1S/C16H20N2O2/c17-15-11-6-5-10(9-11)14(15)16(19)18-7-8-20-13-4-2-1-3-12(13)18/h1-4,10-11,14-15H,5-9,17H2. The maximum atomic E-state index is 13.0. The predicted octanol–water partition coefficient (Wildman–Crippen LogP) is 1.79. The zero-order valence-corrected chi connectivity index (χ0v) is 11.5. The van der Waals surface area contributed by atoms with Crippen molar-refractivity contribution in [2.75, 3.05) is 18.1 Å². The third kappa shape index (κ3) is 1.67. The third-order valence-electron chi connectivity index (χ3n) is 5.26. The van der Waals surface area contributed by atoms with E-state index in [-0.39, 0.29) is 17.9 Å². The Labute approximate surface area is 118 Å². The molecule has 2 saturated carbocycles. The number of nitrogens with two attached hydrogens (primary N) is 1. The van der Waals surface area contributed by atoms with Gasteiger partial charge in [-0.1, -0.05) is 12.1 Å². The fourth-order valence-corrected chi connectivity index (χ4v) is 4.28.